The molecule has 0 aliphatic rings. The molecule has 122 valence electrons. The Labute approximate surface area is 129 Å². The van der Waals surface area contributed by atoms with Gasteiger partial charge in [0, 0.05) is 0 Å². The van der Waals surface area contributed by atoms with Crippen LogP contribution in [0.5, 0.6) is 0 Å². The van der Waals surface area contributed by atoms with Gasteiger partial charge in [0.2, 0.25) is 0 Å². The molecular formula is C14H22N4O4. The zero-order valence-corrected chi connectivity index (χ0v) is 12.8. The maximum atomic E-state index is 11.7. The second kappa shape index (κ2) is 9.22. The van der Waals surface area contributed by atoms with Crippen LogP contribution in [0.4, 0.5) is 4.79 Å². The number of nitrogens with two attached hydrogens (primary N) is 1. The topological polar surface area (TPSA) is 138 Å². The van der Waals surface area contributed by atoms with Gasteiger partial charge in [-0.2, -0.15) is 0 Å². The number of nitrogens with one attached hydrogen (secondary N) is 3. The number of hydrogen-bond acceptors (Lipinski definition) is 4. The summed E-state index contributed by atoms with van der Waals surface area (Å²) in [5.41, 5.74) is 5.51. The quantitative estimate of drug-likeness (QED) is 0.247. The first-order chi connectivity index (χ1) is 10.2. The number of alkyl carbamates (subject to hydrolysis) is 1. The van der Waals surface area contributed by atoms with Crippen molar-refractivity contribution in [1.29, 1.82) is 5.41 Å². The summed E-state index contributed by atoms with van der Waals surface area (Å²) in [6, 6.07) is 9.17. The van der Waals surface area contributed by atoms with Crippen LogP contribution in [0.15, 0.2) is 30.3 Å². The van der Waals surface area contributed by atoms with Gasteiger partial charge in [-0.25, -0.2) is 4.79 Å². The fourth-order valence-electron chi connectivity index (χ4n) is 1.43. The van der Waals surface area contributed by atoms with Crippen molar-refractivity contribution < 1.29 is 19.4 Å². The first-order valence-electron chi connectivity index (χ1n) is 6.42. The second-order valence-corrected chi connectivity index (χ2v) is 5.15. The molecule has 1 amide bonds. The third kappa shape index (κ3) is 9.18. The summed E-state index contributed by atoms with van der Waals surface area (Å²) in [6.45, 7) is 5.09. The van der Waals surface area contributed by atoms with E-state index >= 15 is 0 Å². The average Bonchev–Trinajstić information content (AvgIpc) is 2.37. The van der Waals surface area contributed by atoms with Crippen LogP contribution < -0.4 is 16.4 Å². The molecule has 0 bridgehead atoms. The minimum Gasteiger partial charge on any atom is -0.483 e. The van der Waals surface area contributed by atoms with Gasteiger partial charge in [0.25, 0.3) is 6.47 Å². The Hall–Kier alpha value is -2.77. The summed E-state index contributed by atoms with van der Waals surface area (Å²) in [5.74, 6) is -0.232. The van der Waals surface area contributed by atoms with Crippen LogP contribution in [-0.2, 0) is 9.53 Å². The molecule has 0 saturated carbocycles. The highest BCUT2D eigenvalue weighted by Gasteiger charge is 2.20. The zero-order valence-electron chi connectivity index (χ0n) is 12.8. The number of carboxylic acid groups (broad SMARTS) is 1. The van der Waals surface area contributed by atoms with Crippen LogP contribution in [0.1, 0.15) is 32.5 Å². The van der Waals surface area contributed by atoms with Gasteiger partial charge in [0.05, 0.1) is 0 Å². The maximum absolute atomic E-state index is 11.7. The minimum absolute atomic E-state index is 0.232. The van der Waals surface area contributed by atoms with E-state index in [1.807, 2.05) is 30.3 Å². The van der Waals surface area contributed by atoms with E-state index < -0.39 is 17.9 Å². The molecular weight excluding hydrogens is 288 g/mol. The van der Waals surface area contributed by atoms with Crippen LogP contribution in [0, 0.1) is 5.41 Å². The van der Waals surface area contributed by atoms with Crippen LogP contribution in [0.25, 0.3) is 0 Å². The lowest BCUT2D eigenvalue weighted by Gasteiger charge is -2.24. The van der Waals surface area contributed by atoms with E-state index in [2.05, 4.69) is 10.6 Å². The molecule has 0 radical (unpaired) electrons. The van der Waals surface area contributed by atoms with E-state index in [0.717, 1.165) is 5.56 Å². The smallest absolute Gasteiger partial charge is 0.409 e. The highest BCUT2D eigenvalue weighted by molar-refractivity contribution is 5.76. The molecule has 0 aliphatic heterocycles. The van der Waals surface area contributed by atoms with Crippen LogP contribution in [0.2, 0.25) is 0 Å². The summed E-state index contributed by atoms with van der Waals surface area (Å²) in [5, 5.41) is 19.5. The predicted molar refractivity (Wildman–Crippen MR) is 82.3 cm³/mol. The van der Waals surface area contributed by atoms with Crippen molar-refractivity contribution in [3.05, 3.63) is 35.9 Å². The summed E-state index contributed by atoms with van der Waals surface area (Å²) >= 11 is 0. The minimum atomic E-state index is -0.603. The van der Waals surface area contributed by atoms with E-state index in [9.17, 15) is 4.79 Å². The van der Waals surface area contributed by atoms with E-state index in [1.165, 1.54) is 0 Å². The lowest BCUT2D eigenvalue weighted by atomic mass is 10.2. The lowest BCUT2D eigenvalue weighted by Crippen LogP contribution is -2.45. The Balaban J connectivity index is 0.00000135. The van der Waals surface area contributed by atoms with Crippen molar-refractivity contribution in [3.8, 4) is 0 Å². The van der Waals surface area contributed by atoms with Crippen molar-refractivity contribution in [1.82, 2.24) is 10.6 Å². The molecule has 1 unspecified atom stereocenters. The number of carbonyl (C=O) groups excluding carboxylic acids is 1. The molecule has 8 heteroatoms. The van der Waals surface area contributed by atoms with Gasteiger partial charge in [0.15, 0.2) is 5.96 Å². The number of amides is 1. The van der Waals surface area contributed by atoms with Gasteiger partial charge in [0.1, 0.15) is 11.8 Å². The van der Waals surface area contributed by atoms with E-state index in [0.29, 0.717) is 0 Å². The molecule has 0 fully saturated rings. The Morgan fingerprint density at radius 3 is 2.23 bits per heavy atom. The van der Waals surface area contributed by atoms with Crippen LogP contribution in [0.3, 0.4) is 0 Å². The van der Waals surface area contributed by atoms with Gasteiger partial charge in [-0.1, -0.05) is 30.3 Å². The molecule has 1 atom stereocenters. The largest absolute Gasteiger partial charge is 0.483 e. The van der Waals surface area contributed by atoms with Gasteiger partial charge in [-0.15, -0.1) is 0 Å². The van der Waals surface area contributed by atoms with Crippen LogP contribution >= 0.6 is 0 Å². The second-order valence-electron chi connectivity index (χ2n) is 5.15. The number of ether oxygens (including phenoxy) is 1. The number of carbonyl (C=O) groups is 2. The summed E-state index contributed by atoms with van der Waals surface area (Å²) in [4.78, 5) is 20.1. The first kappa shape index (κ1) is 19.2. The van der Waals surface area contributed by atoms with Crippen LogP contribution in [-0.4, -0.2) is 29.2 Å². The highest BCUT2D eigenvalue weighted by atomic mass is 16.6. The molecule has 0 aliphatic carbocycles. The van der Waals surface area contributed by atoms with Crippen molar-refractivity contribution in [2.45, 2.75) is 32.5 Å². The Morgan fingerprint density at radius 1 is 1.32 bits per heavy atom. The normalized spacial score (nSPS) is 11.2. The van der Waals surface area contributed by atoms with E-state index in [1.54, 1.807) is 20.8 Å². The standard InChI is InChI=1S/C13H20N4O2.CH2O2/c1-13(2,3)19-12(18)17-10(16-11(14)15)9-7-5-4-6-8-9;2-1-3/h4-8,10H,1-3H3,(H,17,18)(H4,14,15,16);1H,(H,2,3). The van der Waals surface area contributed by atoms with Gasteiger partial charge >= 0.3 is 6.09 Å². The zero-order chi connectivity index (χ0) is 17.2. The monoisotopic (exact) mass is 310 g/mol. The van der Waals surface area contributed by atoms with E-state index in [-0.39, 0.29) is 12.4 Å². The summed E-state index contributed by atoms with van der Waals surface area (Å²) in [7, 11) is 0. The summed E-state index contributed by atoms with van der Waals surface area (Å²) in [6.07, 6.45) is -1.18. The van der Waals surface area contributed by atoms with Crippen molar-refractivity contribution in [2.24, 2.45) is 5.73 Å². The first-order valence-corrected chi connectivity index (χ1v) is 6.42. The SMILES string of the molecule is CC(C)(C)OC(=O)NC(NC(=N)N)c1ccccc1.O=CO. The fourth-order valence-corrected chi connectivity index (χ4v) is 1.43. The molecule has 1 aromatic carbocycles. The highest BCUT2D eigenvalue weighted by Crippen LogP contribution is 2.12. The Kier molecular flexibility index (Phi) is 8.06. The number of guanidine groups is 1. The molecule has 6 N–H and O–H groups in total. The van der Waals surface area contributed by atoms with Crippen molar-refractivity contribution in [2.75, 3.05) is 0 Å². The molecule has 0 saturated heterocycles. The lowest BCUT2D eigenvalue weighted by molar-refractivity contribution is -0.122. The summed E-state index contributed by atoms with van der Waals surface area (Å²) < 4.78 is 5.17. The third-order valence-electron chi connectivity index (χ3n) is 2.09. The molecule has 0 spiro atoms. The molecule has 0 aromatic heterocycles. The van der Waals surface area contributed by atoms with Gasteiger partial charge in [-0.3, -0.25) is 15.5 Å². The third-order valence-corrected chi connectivity index (χ3v) is 2.09. The molecule has 0 heterocycles. The molecule has 1 rings (SSSR count). The van der Waals surface area contributed by atoms with E-state index in [4.69, 9.17) is 25.8 Å². The predicted octanol–water partition coefficient (Wildman–Crippen LogP) is 1.39. The molecule has 1 aromatic rings. The Morgan fingerprint density at radius 2 is 1.82 bits per heavy atom. The Bertz CT molecular complexity index is 485. The van der Waals surface area contributed by atoms with Gasteiger partial charge in [-0.05, 0) is 26.3 Å². The fraction of sp³-hybridized carbons (Fsp3) is 0.357. The molecule has 8 nitrogen and oxygen atoms in total. The average molecular weight is 310 g/mol. The number of benzene rings is 1. The number of hydrogen-bond donors (Lipinski definition) is 5. The maximum Gasteiger partial charge on any atom is 0.409 e. The van der Waals surface area contributed by atoms with Gasteiger partial charge < -0.3 is 20.9 Å². The van der Waals surface area contributed by atoms with Crippen molar-refractivity contribution in [3.63, 3.8) is 0 Å². The molecule has 22 heavy (non-hydrogen) atoms. The number of rotatable bonds is 3. The van der Waals surface area contributed by atoms with Crippen molar-refractivity contribution >= 4 is 18.5 Å².